The number of hydrogen-bond donors (Lipinski definition) is 0. The first-order valence-corrected chi connectivity index (χ1v) is 6.30. The highest BCUT2D eigenvalue weighted by Crippen LogP contribution is 2.19. The second-order valence-electron chi connectivity index (χ2n) is 4.38. The fraction of sp³-hybridized carbons (Fsp3) is 0.231. The number of fused-ring (bicyclic) bond motifs is 1. The van der Waals surface area contributed by atoms with E-state index < -0.39 is 0 Å². The van der Waals surface area contributed by atoms with Crippen LogP contribution < -0.4 is 0 Å². The van der Waals surface area contributed by atoms with Gasteiger partial charge in [0.1, 0.15) is 5.82 Å². The molecule has 3 rings (SSSR count). The van der Waals surface area contributed by atoms with Crippen LogP contribution in [-0.4, -0.2) is 24.6 Å². The van der Waals surface area contributed by atoms with Crippen molar-refractivity contribution in [1.29, 1.82) is 0 Å². The third-order valence-corrected chi connectivity index (χ3v) is 3.40. The normalized spacial score (nSPS) is 11.1. The van der Waals surface area contributed by atoms with E-state index in [1.165, 1.54) is 0 Å². The van der Waals surface area contributed by atoms with Gasteiger partial charge < -0.3 is 0 Å². The fourth-order valence-electron chi connectivity index (χ4n) is 2.04. The first-order chi connectivity index (χ1) is 9.16. The third kappa shape index (κ3) is 2.06. The SMILES string of the molecule is Cc1nc(Cl)c2nnc(Cc3ccncc3)n2c1C. The van der Waals surface area contributed by atoms with Gasteiger partial charge in [-0.1, -0.05) is 11.6 Å². The lowest BCUT2D eigenvalue weighted by Gasteiger charge is -2.07. The average Bonchev–Trinajstić information content (AvgIpc) is 2.82. The summed E-state index contributed by atoms with van der Waals surface area (Å²) in [4.78, 5) is 8.26. The maximum atomic E-state index is 6.11. The molecule has 0 aliphatic heterocycles. The van der Waals surface area contributed by atoms with E-state index >= 15 is 0 Å². The molecule has 0 fully saturated rings. The highest BCUT2D eigenvalue weighted by molar-refractivity contribution is 6.32. The minimum Gasteiger partial charge on any atom is -0.279 e. The van der Waals surface area contributed by atoms with Crippen molar-refractivity contribution in [2.75, 3.05) is 0 Å². The highest BCUT2D eigenvalue weighted by Gasteiger charge is 2.14. The van der Waals surface area contributed by atoms with Crippen LogP contribution in [0.25, 0.3) is 5.65 Å². The summed E-state index contributed by atoms with van der Waals surface area (Å²) in [5.41, 5.74) is 3.63. The third-order valence-electron chi connectivity index (χ3n) is 3.15. The molecule has 3 aromatic heterocycles. The van der Waals surface area contributed by atoms with Gasteiger partial charge in [-0.2, -0.15) is 0 Å². The Morgan fingerprint density at radius 3 is 2.63 bits per heavy atom. The number of halogens is 1. The van der Waals surface area contributed by atoms with E-state index in [9.17, 15) is 0 Å². The lowest BCUT2D eigenvalue weighted by Crippen LogP contribution is -2.04. The molecule has 5 nitrogen and oxygen atoms in total. The van der Waals surface area contributed by atoms with Crippen molar-refractivity contribution in [1.82, 2.24) is 24.6 Å². The van der Waals surface area contributed by atoms with Crippen LogP contribution in [0.4, 0.5) is 0 Å². The summed E-state index contributed by atoms with van der Waals surface area (Å²) in [5, 5.41) is 8.73. The first-order valence-electron chi connectivity index (χ1n) is 5.92. The van der Waals surface area contributed by atoms with Crippen LogP contribution in [0.15, 0.2) is 24.5 Å². The highest BCUT2D eigenvalue weighted by atomic mass is 35.5. The van der Waals surface area contributed by atoms with Crippen LogP contribution in [0.5, 0.6) is 0 Å². The lowest BCUT2D eigenvalue weighted by atomic mass is 10.2. The number of aromatic nitrogens is 5. The molecule has 0 spiro atoms. The van der Waals surface area contributed by atoms with E-state index in [4.69, 9.17) is 11.6 Å². The van der Waals surface area contributed by atoms with Gasteiger partial charge in [-0.3, -0.25) is 9.38 Å². The zero-order valence-corrected chi connectivity index (χ0v) is 11.4. The molecule has 0 saturated heterocycles. The Labute approximate surface area is 115 Å². The minimum atomic E-state index is 0.386. The largest absolute Gasteiger partial charge is 0.279 e. The Morgan fingerprint density at radius 1 is 1.16 bits per heavy atom. The van der Waals surface area contributed by atoms with Crippen molar-refractivity contribution < 1.29 is 0 Å². The summed E-state index contributed by atoms with van der Waals surface area (Å²) in [6.45, 7) is 3.92. The van der Waals surface area contributed by atoms with Gasteiger partial charge in [0.2, 0.25) is 0 Å². The van der Waals surface area contributed by atoms with Crippen LogP contribution in [0.2, 0.25) is 5.15 Å². The summed E-state index contributed by atoms with van der Waals surface area (Å²) in [5.74, 6) is 0.853. The van der Waals surface area contributed by atoms with Crippen LogP contribution in [-0.2, 0) is 6.42 Å². The Balaban J connectivity index is 2.15. The van der Waals surface area contributed by atoms with E-state index in [1.54, 1.807) is 12.4 Å². The molecule has 0 N–H and O–H groups in total. The maximum absolute atomic E-state index is 6.11. The van der Waals surface area contributed by atoms with Gasteiger partial charge in [-0.25, -0.2) is 4.98 Å². The second-order valence-corrected chi connectivity index (χ2v) is 4.74. The summed E-state index contributed by atoms with van der Waals surface area (Å²) >= 11 is 6.11. The van der Waals surface area contributed by atoms with Crippen molar-refractivity contribution in [3.63, 3.8) is 0 Å². The Bertz CT molecular complexity index is 736. The molecule has 3 aromatic rings. The Hall–Kier alpha value is -2.01. The average molecular weight is 274 g/mol. The summed E-state index contributed by atoms with van der Waals surface area (Å²) < 4.78 is 1.96. The number of rotatable bonds is 2. The van der Waals surface area contributed by atoms with Crippen LogP contribution >= 0.6 is 11.6 Å². The van der Waals surface area contributed by atoms with Crippen molar-refractivity contribution in [3.05, 3.63) is 52.5 Å². The van der Waals surface area contributed by atoms with Crippen molar-refractivity contribution >= 4 is 17.2 Å². The van der Waals surface area contributed by atoms with E-state index in [-0.39, 0.29) is 0 Å². The number of pyridine rings is 1. The molecule has 0 aliphatic rings. The van der Waals surface area contributed by atoms with Gasteiger partial charge in [-0.05, 0) is 31.5 Å². The topological polar surface area (TPSA) is 56.0 Å². The quantitative estimate of drug-likeness (QED) is 0.719. The van der Waals surface area contributed by atoms with E-state index in [0.29, 0.717) is 17.2 Å². The van der Waals surface area contributed by atoms with E-state index in [1.807, 2.05) is 30.4 Å². The molecule has 0 aliphatic carbocycles. The van der Waals surface area contributed by atoms with Crippen LogP contribution in [0, 0.1) is 13.8 Å². The van der Waals surface area contributed by atoms with E-state index in [0.717, 1.165) is 22.8 Å². The molecule has 0 radical (unpaired) electrons. The van der Waals surface area contributed by atoms with Gasteiger partial charge in [0.25, 0.3) is 0 Å². The summed E-state index contributed by atoms with van der Waals surface area (Å²) in [7, 11) is 0. The standard InChI is InChI=1S/C13H12ClN5/c1-8-9(2)19-11(7-10-3-5-15-6-4-10)17-18-13(19)12(14)16-8/h3-6H,7H2,1-2H3. The van der Waals surface area contributed by atoms with Gasteiger partial charge in [0.15, 0.2) is 10.8 Å². The molecule has 0 aromatic carbocycles. The van der Waals surface area contributed by atoms with Crippen molar-refractivity contribution in [2.45, 2.75) is 20.3 Å². The van der Waals surface area contributed by atoms with Gasteiger partial charge in [0, 0.05) is 24.5 Å². The number of hydrogen-bond acceptors (Lipinski definition) is 4. The molecule has 19 heavy (non-hydrogen) atoms. The molecule has 0 bridgehead atoms. The van der Waals surface area contributed by atoms with Gasteiger partial charge in [-0.15, -0.1) is 10.2 Å². The molecular formula is C13H12ClN5. The maximum Gasteiger partial charge on any atom is 0.198 e. The predicted octanol–water partition coefficient (Wildman–Crippen LogP) is 2.38. The van der Waals surface area contributed by atoms with E-state index in [2.05, 4.69) is 20.2 Å². The number of aryl methyl sites for hydroxylation is 2. The molecular weight excluding hydrogens is 262 g/mol. The molecule has 6 heteroatoms. The fourth-order valence-corrected chi connectivity index (χ4v) is 2.29. The molecule has 0 amide bonds. The molecule has 3 heterocycles. The molecule has 0 saturated carbocycles. The van der Waals surface area contributed by atoms with Crippen LogP contribution in [0.1, 0.15) is 22.8 Å². The molecule has 96 valence electrons. The minimum absolute atomic E-state index is 0.386. The Morgan fingerprint density at radius 2 is 1.89 bits per heavy atom. The predicted molar refractivity (Wildman–Crippen MR) is 72.3 cm³/mol. The first kappa shape index (κ1) is 12.0. The monoisotopic (exact) mass is 273 g/mol. The molecule has 0 atom stereocenters. The zero-order chi connectivity index (χ0) is 13.4. The summed E-state index contributed by atoms with van der Waals surface area (Å²) in [6, 6.07) is 3.93. The Kier molecular flexibility index (Phi) is 2.91. The lowest BCUT2D eigenvalue weighted by molar-refractivity contribution is 0.895. The zero-order valence-electron chi connectivity index (χ0n) is 10.6. The second kappa shape index (κ2) is 4.59. The van der Waals surface area contributed by atoms with Crippen molar-refractivity contribution in [2.24, 2.45) is 0 Å². The van der Waals surface area contributed by atoms with Gasteiger partial charge in [0.05, 0.1) is 5.69 Å². The van der Waals surface area contributed by atoms with Crippen molar-refractivity contribution in [3.8, 4) is 0 Å². The number of nitrogens with zero attached hydrogens (tertiary/aromatic N) is 5. The van der Waals surface area contributed by atoms with Gasteiger partial charge >= 0.3 is 0 Å². The van der Waals surface area contributed by atoms with Crippen LogP contribution in [0.3, 0.4) is 0 Å². The summed E-state index contributed by atoms with van der Waals surface area (Å²) in [6.07, 6.45) is 4.22. The smallest absolute Gasteiger partial charge is 0.198 e. The molecule has 0 unspecified atom stereocenters.